The maximum atomic E-state index is 11.3. The van der Waals surface area contributed by atoms with E-state index in [9.17, 15) is 4.79 Å². The Morgan fingerprint density at radius 1 is 1.29 bits per heavy atom. The molecule has 0 saturated carbocycles. The second-order valence-corrected chi connectivity index (χ2v) is 5.60. The van der Waals surface area contributed by atoms with Gasteiger partial charge in [-0.05, 0) is 24.6 Å². The highest BCUT2D eigenvalue weighted by molar-refractivity contribution is 7.13. The molecular formula is C16H14N2O2S. The zero-order valence-corrected chi connectivity index (χ0v) is 12.6. The molecular weight excluding hydrogens is 284 g/mol. The highest BCUT2D eigenvalue weighted by Gasteiger charge is 2.11. The fraction of sp³-hybridized carbons (Fsp3) is 0.188. The van der Waals surface area contributed by atoms with Crippen molar-refractivity contribution in [3.05, 3.63) is 47.0 Å². The molecule has 0 N–H and O–H groups in total. The molecule has 0 saturated heterocycles. The van der Waals surface area contributed by atoms with E-state index >= 15 is 0 Å². The first kappa shape index (κ1) is 13.7. The first-order chi connectivity index (χ1) is 10.2. The number of pyridine rings is 1. The molecule has 2 aromatic heterocycles. The van der Waals surface area contributed by atoms with Gasteiger partial charge in [-0.15, -0.1) is 11.3 Å². The minimum Gasteiger partial charge on any atom is -0.469 e. The molecule has 0 aliphatic carbocycles. The van der Waals surface area contributed by atoms with E-state index in [1.54, 1.807) is 0 Å². The van der Waals surface area contributed by atoms with Crippen molar-refractivity contribution < 1.29 is 9.53 Å². The van der Waals surface area contributed by atoms with E-state index in [4.69, 9.17) is 0 Å². The minimum atomic E-state index is -0.283. The highest BCUT2D eigenvalue weighted by Crippen LogP contribution is 2.26. The summed E-state index contributed by atoms with van der Waals surface area (Å²) in [6.07, 6.45) is 0.194. The number of methoxy groups -OCH3 is 1. The Balaban J connectivity index is 1.99. The van der Waals surface area contributed by atoms with Crippen LogP contribution >= 0.6 is 11.3 Å². The molecule has 0 aliphatic rings. The van der Waals surface area contributed by atoms with E-state index in [0.717, 1.165) is 27.3 Å². The minimum absolute atomic E-state index is 0.194. The second kappa shape index (κ2) is 5.61. The molecule has 0 unspecified atom stereocenters. The summed E-state index contributed by atoms with van der Waals surface area (Å²) in [4.78, 5) is 20.4. The van der Waals surface area contributed by atoms with Crippen LogP contribution in [0, 0.1) is 6.92 Å². The third-order valence-corrected chi connectivity index (χ3v) is 4.16. The van der Waals surface area contributed by atoms with Gasteiger partial charge in [-0.2, -0.15) is 0 Å². The lowest BCUT2D eigenvalue weighted by Gasteiger charge is -2.04. The summed E-state index contributed by atoms with van der Waals surface area (Å²) in [7, 11) is 1.38. The number of nitrogens with zero attached hydrogens (tertiary/aromatic N) is 2. The van der Waals surface area contributed by atoms with E-state index in [0.29, 0.717) is 0 Å². The second-order valence-electron chi connectivity index (χ2n) is 4.74. The van der Waals surface area contributed by atoms with E-state index < -0.39 is 0 Å². The summed E-state index contributed by atoms with van der Waals surface area (Å²) < 4.78 is 4.66. The third-order valence-electron chi connectivity index (χ3n) is 3.25. The number of aryl methyl sites for hydroxylation is 1. The van der Waals surface area contributed by atoms with E-state index in [2.05, 4.69) is 27.7 Å². The lowest BCUT2D eigenvalue weighted by Crippen LogP contribution is -2.04. The van der Waals surface area contributed by atoms with Crippen molar-refractivity contribution in [3.8, 4) is 10.7 Å². The van der Waals surface area contributed by atoms with Gasteiger partial charge in [-0.1, -0.05) is 18.2 Å². The largest absolute Gasteiger partial charge is 0.469 e. The Bertz CT molecular complexity index is 811. The number of thiazole rings is 1. The number of benzene rings is 1. The van der Waals surface area contributed by atoms with Gasteiger partial charge in [0, 0.05) is 10.8 Å². The molecule has 0 amide bonds. The van der Waals surface area contributed by atoms with Crippen molar-refractivity contribution in [1.82, 2.24) is 9.97 Å². The van der Waals surface area contributed by atoms with Gasteiger partial charge in [0.1, 0.15) is 5.01 Å². The molecule has 3 rings (SSSR count). The molecule has 0 spiro atoms. The van der Waals surface area contributed by atoms with Crippen LogP contribution in [-0.4, -0.2) is 23.0 Å². The van der Waals surface area contributed by atoms with Gasteiger partial charge in [-0.3, -0.25) is 4.79 Å². The number of hydrogen-bond donors (Lipinski definition) is 0. The molecule has 0 bridgehead atoms. The van der Waals surface area contributed by atoms with Crippen molar-refractivity contribution >= 4 is 28.2 Å². The standard InChI is InChI=1S/C16H14N2O2S/c1-10-7-14(18-13-6-4-3-5-12(10)13)16-17-11(9-21-16)8-15(19)20-2/h3-7,9H,8H2,1-2H3. The summed E-state index contributed by atoms with van der Waals surface area (Å²) in [5, 5.41) is 3.84. The Hall–Kier alpha value is -2.27. The average Bonchev–Trinajstić information content (AvgIpc) is 2.95. The van der Waals surface area contributed by atoms with Crippen LogP contribution in [0.1, 0.15) is 11.3 Å². The fourth-order valence-electron chi connectivity index (χ4n) is 2.18. The van der Waals surface area contributed by atoms with Gasteiger partial charge < -0.3 is 4.74 Å². The summed E-state index contributed by atoms with van der Waals surface area (Å²) >= 11 is 1.49. The van der Waals surface area contributed by atoms with Gasteiger partial charge in [-0.25, -0.2) is 9.97 Å². The molecule has 0 fully saturated rings. The lowest BCUT2D eigenvalue weighted by molar-refractivity contribution is -0.139. The first-order valence-electron chi connectivity index (χ1n) is 6.55. The van der Waals surface area contributed by atoms with E-state index in [1.165, 1.54) is 24.0 Å². The van der Waals surface area contributed by atoms with Crippen molar-refractivity contribution in [1.29, 1.82) is 0 Å². The summed E-state index contributed by atoms with van der Waals surface area (Å²) in [5.74, 6) is -0.283. The smallest absolute Gasteiger partial charge is 0.311 e. The monoisotopic (exact) mass is 298 g/mol. The zero-order valence-electron chi connectivity index (χ0n) is 11.8. The summed E-state index contributed by atoms with van der Waals surface area (Å²) in [5.41, 5.74) is 3.68. The summed E-state index contributed by atoms with van der Waals surface area (Å²) in [6, 6.07) is 10.1. The molecule has 5 heteroatoms. The van der Waals surface area contributed by atoms with Crippen LogP contribution in [0.2, 0.25) is 0 Å². The molecule has 2 heterocycles. The molecule has 1 aromatic carbocycles. The predicted octanol–water partition coefficient (Wildman–Crippen LogP) is 3.38. The van der Waals surface area contributed by atoms with Gasteiger partial charge in [0.2, 0.25) is 0 Å². The molecule has 106 valence electrons. The number of rotatable bonds is 3. The van der Waals surface area contributed by atoms with Crippen LogP contribution in [0.5, 0.6) is 0 Å². The number of carbonyl (C=O) groups excluding carboxylic acids is 1. The lowest BCUT2D eigenvalue weighted by atomic mass is 10.1. The number of carbonyl (C=O) groups is 1. The number of hydrogen-bond acceptors (Lipinski definition) is 5. The summed E-state index contributed by atoms with van der Waals surface area (Å²) in [6.45, 7) is 2.07. The van der Waals surface area contributed by atoms with Crippen LogP contribution in [0.4, 0.5) is 0 Å². The Kier molecular flexibility index (Phi) is 3.66. The predicted molar refractivity (Wildman–Crippen MR) is 83.3 cm³/mol. The molecule has 3 aromatic rings. The van der Waals surface area contributed by atoms with E-state index in [1.807, 2.05) is 29.6 Å². The van der Waals surface area contributed by atoms with Crippen LogP contribution in [0.3, 0.4) is 0 Å². The molecule has 0 radical (unpaired) electrons. The molecule has 0 aliphatic heterocycles. The number of para-hydroxylation sites is 1. The number of aromatic nitrogens is 2. The topological polar surface area (TPSA) is 52.1 Å². The van der Waals surface area contributed by atoms with Gasteiger partial charge >= 0.3 is 5.97 Å². The van der Waals surface area contributed by atoms with E-state index in [-0.39, 0.29) is 12.4 Å². The molecule has 21 heavy (non-hydrogen) atoms. The van der Waals surface area contributed by atoms with Crippen LogP contribution in [-0.2, 0) is 16.0 Å². The Morgan fingerprint density at radius 2 is 2.10 bits per heavy atom. The molecule has 0 atom stereocenters. The zero-order chi connectivity index (χ0) is 14.8. The SMILES string of the molecule is COC(=O)Cc1csc(-c2cc(C)c3ccccc3n2)n1. The Morgan fingerprint density at radius 3 is 2.90 bits per heavy atom. The normalized spacial score (nSPS) is 10.8. The maximum absolute atomic E-state index is 11.3. The van der Waals surface area contributed by atoms with Gasteiger partial charge in [0.15, 0.2) is 0 Å². The van der Waals surface area contributed by atoms with Crippen molar-refractivity contribution in [2.45, 2.75) is 13.3 Å². The maximum Gasteiger partial charge on any atom is 0.311 e. The van der Waals surface area contributed by atoms with Gasteiger partial charge in [0.25, 0.3) is 0 Å². The van der Waals surface area contributed by atoms with Crippen LogP contribution in [0.15, 0.2) is 35.7 Å². The quantitative estimate of drug-likeness (QED) is 0.696. The highest BCUT2D eigenvalue weighted by atomic mass is 32.1. The number of esters is 1. The van der Waals surface area contributed by atoms with Crippen molar-refractivity contribution in [3.63, 3.8) is 0 Å². The van der Waals surface area contributed by atoms with Crippen LogP contribution in [0.25, 0.3) is 21.6 Å². The third kappa shape index (κ3) is 2.78. The Labute approximate surface area is 126 Å². The van der Waals surface area contributed by atoms with Gasteiger partial charge in [0.05, 0.1) is 30.4 Å². The average molecular weight is 298 g/mol. The number of fused-ring (bicyclic) bond motifs is 1. The molecule has 4 nitrogen and oxygen atoms in total. The van der Waals surface area contributed by atoms with Crippen molar-refractivity contribution in [2.75, 3.05) is 7.11 Å². The number of ether oxygens (including phenoxy) is 1. The van der Waals surface area contributed by atoms with Crippen LogP contribution < -0.4 is 0 Å². The fourth-order valence-corrected chi connectivity index (χ4v) is 2.96. The van der Waals surface area contributed by atoms with Crippen molar-refractivity contribution in [2.24, 2.45) is 0 Å². The first-order valence-corrected chi connectivity index (χ1v) is 7.43.